The van der Waals surface area contributed by atoms with E-state index in [0.29, 0.717) is 16.3 Å². The van der Waals surface area contributed by atoms with Gasteiger partial charge in [-0.05, 0) is 36.4 Å². The van der Waals surface area contributed by atoms with Crippen LogP contribution >= 0.6 is 11.6 Å². The Morgan fingerprint density at radius 2 is 1.80 bits per heavy atom. The van der Waals surface area contributed by atoms with Crippen LogP contribution in [0, 0.1) is 5.82 Å². The summed E-state index contributed by atoms with van der Waals surface area (Å²) < 4.78 is 36.3. The van der Waals surface area contributed by atoms with Crippen molar-refractivity contribution >= 4 is 27.1 Å². The lowest BCUT2D eigenvalue weighted by molar-refractivity contribution is 0.601. The number of halogens is 2. The van der Waals surface area contributed by atoms with Crippen LogP contribution in [0.1, 0.15) is 5.56 Å². The van der Waals surface area contributed by atoms with E-state index < -0.39 is 9.84 Å². The normalized spacial score (nSPS) is 11.3. The maximum atomic E-state index is 12.8. The first-order chi connectivity index (χ1) is 9.38. The van der Waals surface area contributed by atoms with Gasteiger partial charge in [0.15, 0.2) is 9.84 Å². The van der Waals surface area contributed by atoms with E-state index in [1.807, 2.05) is 0 Å². The number of anilines is 1. The third-order valence-corrected chi connectivity index (χ3v) is 4.32. The van der Waals surface area contributed by atoms with Crippen molar-refractivity contribution in [2.75, 3.05) is 11.6 Å². The Morgan fingerprint density at radius 3 is 2.40 bits per heavy atom. The van der Waals surface area contributed by atoms with Gasteiger partial charge in [0.2, 0.25) is 0 Å². The van der Waals surface area contributed by atoms with Crippen molar-refractivity contribution in [3.63, 3.8) is 0 Å². The topological polar surface area (TPSA) is 46.2 Å². The van der Waals surface area contributed by atoms with Crippen molar-refractivity contribution in [1.82, 2.24) is 0 Å². The summed E-state index contributed by atoms with van der Waals surface area (Å²) in [7, 11) is -3.35. The van der Waals surface area contributed by atoms with Crippen LogP contribution in [-0.4, -0.2) is 14.7 Å². The monoisotopic (exact) mass is 313 g/mol. The highest BCUT2D eigenvalue weighted by atomic mass is 35.5. The average molecular weight is 314 g/mol. The maximum Gasteiger partial charge on any atom is 0.175 e. The molecule has 106 valence electrons. The third kappa shape index (κ3) is 3.49. The third-order valence-electron chi connectivity index (χ3n) is 2.79. The first-order valence-electron chi connectivity index (χ1n) is 5.85. The molecule has 6 heteroatoms. The van der Waals surface area contributed by atoms with E-state index in [4.69, 9.17) is 11.6 Å². The van der Waals surface area contributed by atoms with Crippen LogP contribution in [0.25, 0.3) is 0 Å². The maximum absolute atomic E-state index is 12.8. The van der Waals surface area contributed by atoms with Crippen LogP contribution in [0.2, 0.25) is 5.02 Å². The highest BCUT2D eigenvalue weighted by Crippen LogP contribution is 2.25. The summed E-state index contributed by atoms with van der Waals surface area (Å²) in [6, 6.07) is 10.6. The molecule has 0 saturated carbocycles. The molecular weight excluding hydrogens is 301 g/mol. The van der Waals surface area contributed by atoms with Gasteiger partial charge in [-0.2, -0.15) is 0 Å². The minimum absolute atomic E-state index is 0.194. The molecule has 0 aliphatic carbocycles. The molecule has 0 bridgehead atoms. The van der Waals surface area contributed by atoms with Crippen molar-refractivity contribution < 1.29 is 12.8 Å². The Labute approximate surface area is 122 Å². The number of hydrogen-bond donors (Lipinski definition) is 1. The lowest BCUT2D eigenvalue weighted by atomic mass is 10.2. The highest BCUT2D eigenvalue weighted by molar-refractivity contribution is 7.90. The molecule has 2 aromatic carbocycles. The second-order valence-electron chi connectivity index (χ2n) is 4.35. The summed E-state index contributed by atoms with van der Waals surface area (Å²) in [5.74, 6) is -0.329. The van der Waals surface area contributed by atoms with Crippen molar-refractivity contribution in [3.8, 4) is 0 Å². The van der Waals surface area contributed by atoms with E-state index in [9.17, 15) is 12.8 Å². The molecule has 3 nitrogen and oxygen atoms in total. The van der Waals surface area contributed by atoms with E-state index in [1.54, 1.807) is 24.3 Å². The summed E-state index contributed by atoms with van der Waals surface area (Å²) in [5, 5.41) is 3.40. The summed E-state index contributed by atoms with van der Waals surface area (Å²) in [4.78, 5) is 0.194. The first-order valence-corrected chi connectivity index (χ1v) is 8.12. The van der Waals surface area contributed by atoms with Crippen molar-refractivity contribution in [3.05, 3.63) is 58.9 Å². The van der Waals surface area contributed by atoms with Crippen LogP contribution in [0.4, 0.5) is 10.1 Å². The van der Waals surface area contributed by atoms with Gasteiger partial charge >= 0.3 is 0 Å². The van der Waals surface area contributed by atoms with Crippen LogP contribution in [0.5, 0.6) is 0 Å². The van der Waals surface area contributed by atoms with Gasteiger partial charge in [0.25, 0.3) is 0 Å². The van der Waals surface area contributed by atoms with Crippen molar-refractivity contribution in [1.29, 1.82) is 0 Å². The largest absolute Gasteiger partial charge is 0.381 e. The van der Waals surface area contributed by atoms with Gasteiger partial charge in [-0.1, -0.05) is 17.7 Å². The van der Waals surface area contributed by atoms with Crippen LogP contribution in [-0.2, 0) is 16.4 Å². The van der Waals surface area contributed by atoms with Gasteiger partial charge in [0.05, 0.1) is 4.90 Å². The minimum Gasteiger partial charge on any atom is -0.381 e. The van der Waals surface area contributed by atoms with Gasteiger partial charge < -0.3 is 5.32 Å². The second-order valence-corrected chi connectivity index (χ2v) is 6.74. The molecule has 20 heavy (non-hydrogen) atoms. The van der Waals surface area contributed by atoms with E-state index in [1.165, 1.54) is 18.2 Å². The predicted octanol–water partition coefficient (Wildman–Crippen LogP) is 3.49. The summed E-state index contributed by atoms with van der Waals surface area (Å²) in [6.45, 7) is 0.244. The molecule has 0 unspecified atom stereocenters. The van der Waals surface area contributed by atoms with Crippen molar-refractivity contribution in [2.24, 2.45) is 0 Å². The van der Waals surface area contributed by atoms with Gasteiger partial charge in [-0.25, -0.2) is 12.8 Å². The predicted molar refractivity (Wildman–Crippen MR) is 78.3 cm³/mol. The Morgan fingerprint density at radius 1 is 1.15 bits per heavy atom. The number of hydrogen-bond acceptors (Lipinski definition) is 3. The fourth-order valence-corrected chi connectivity index (χ4v) is 3.07. The van der Waals surface area contributed by atoms with Gasteiger partial charge in [-0.15, -0.1) is 0 Å². The standard InChI is InChI=1S/C14H13ClFNO2S/c1-20(18,19)14-4-2-3-13(15)12(14)9-17-11-7-5-10(16)6-8-11/h2-8,17H,9H2,1H3. The molecule has 2 rings (SSSR count). The van der Waals surface area contributed by atoms with Gasteiger partial charge in [0, 0.05) is 29.1 Å². The van der Waals surface area contributed by atoms with E-state index >= 15 is 0 Å². The number of benzene rings is 2. The lowest BCUT2D eigenvalue weighted by Gasteiger charge is -2.12. The molecule has 0 aromatic heterocycles. The minimum atomic E-state index is -3.35. The zero-order chi connectivity index (χ0) is 14.8. The summed E-state index contributed by atoms with van der Waals surface area (Å²) in [5.41, 5.74) is 1.19. The van der Waals surface area contributed by atoms with Gasteiger partial charge in [0.1, 0.15) is 5.82 Å². The van der Waals surface area contributed by atoms with Crippen LogP contribution in [0.15, 0.2) is 47.4 Å². The van der Waals surface area contributed by atoms with E-state index in [0.717, 1.165) is 6.26 Å². The second kappa shape index (κ2) is 5.81. The van der Waals surface area contributed by atoms with Crippen LogP contribution in [0.3, 0.4) is 0 Å². The molecule has 0 amide bonds. The molecule has 0 heterocycles. The quantitative estimate of drug-likeness (QED) is 0.939. The first kappa shape index (κ1) is 14.8. The Bertz CT molecular complexity index is 714. The van der Waals surface area contributed by atoms with Crippen molar-refractivity contribution in [2.45, 2.75) is 11.4 Å². The molecule has 0 aliphatic heterocycles. The highest BCUT2D eigenvalue weighted by Gasteiger charge is 2.15. The molecule has 0 spiro atoms. The number of rotatable bonds is 4. The Hall–Kier alpha value is -1.59. The van der Waals surface area contributed by atoms with E-state index in [2.05, 4.69) is 5.32 Å². The zero-order valence-electron chi connectivity index (χ0n) is 10.7. The Kier molecular flexibility index (Phi) is 4.30. The van der Waals surface area contributed by atoms with E-state index in [-0.39, 0.29) is 17.3 Å². The molecule has 2 aromatic rings. The van der Waals surface area contributed by atoms with Gasteiger partial charge in [-0.3, -0.25) is 0 Å². The molecule has 0 saturated heterocycles. The zero-order valence-corrected chi connectivity index (χ0v) is 12.3. The number of nitrogens with one attached hydrogen (secondary N) is 1. The average Bonchev–Trinajstić information content (AvgIpc) is 2.38. The number of sulfone groups is 1. The SMILES string of the molecule is CS(=O)(=O)c1cccc(Cl)c1CNc1ccc(F)cc1. The molecule has 0 fully saturated rings. The Balaban J connectivity index is 2.27. The molecule has 0 radical (unpaired) electrons. The fraction of sp³-hybridized carbons (Fsp3) is 0.143. The molecule has 1 N–H and O–H groups in total. The fourth-order valence-electron chi connectivity index (χ4n) is 1.82. The molecular formula is C14H13ClFNO2S. The van der Waals surface area contributed by atoms with Crippen LogP contribution < -0.4 is 5.32 Å². The summed E-state index contributed by atoms with van der Waals surface area (Å²) >= 11 is 6.06. The smallest absolute Gasteiger partial charge is 0.175 e. The summed E-state index contributed by atoms with van der Waals surface area (Å²) in [6.07, 6.45) is 1.14. The molecule has 0 aliphatic rings. The molecule has 0 atom stereocenters. The lowest BCUT2D eigenvalue weighted by Crippen LogP contribution is -2.07.